The maximum Gasteiger partial charge on any atom is 0.306 e. The number of aryl methyl sites for hydroxylation is 1. The number of esters is 1. The Hall–Kier alpha value is -1.22. The van der Waals surface area contributed by atoms with Crippen molar-refractivity contribution in [1.29, 1.82) is 0 Å². The van der Waals surface area contributed by atoms with E-state index >= 15 is 0 Å². The van der Waals surface area contributed by atoms with E-state index in [-0.39, 0.29) is 46.2 Å². The van der Waals surface area contributed by atoms with Gasteiger partial charge in [0.05, 0.1) is 18.6 Å². The molecule has 2 aliphatic rings. The molecule has 1 unspecified atom stereocenters. The average Bonchev–Trinajstić information content (AvgIpc) is 3.24. The summed E-state index contributed by atoms with van der Waals surface area (Å²) in [5.41, 5.74) is 1.34. The average molecular weight is 531 g/mol. The molecule has 0 spiro atoms. The fourth-order valence-corrected chi connectivity index (χ4v) is 7.47. The van der Waals surface area contributed by atoms with Crippen molar-refractivity contribution in [2.45, 2.75) is 122 Å². The molecular formula is C30H50O4Si2. The van der Waals surface area contributed by atoms with Gasteiger partial charge in [0, 0.05) is 18.3 Å². The van der Waals surface area contributed by atoms with Gasteiger partial charge in [-0.2, -0.15) is 0 Å². The molecule has 0 radical (unpaired) electrons. The lowest BCUT2D eigenvalue weighted by Gasteiger charge is -2.40. The fraction of sp³-hybridized carbons (Fsp3) is 0.700. The second-order valence-corrected chi connectivity index (χ2v) is 23.5. The molecule has 1 aliphatic heterocycles. The van der Waals surface area contributed by atoms with E-state index < -0.39 is 16.6 Å². The Bertz CT molecular complexity index is 911. The van der Waals surface area contributed by atoms with Crippen LogP contribution in [0.25, 0.3) is 0 Å². The SMILES string of the molecule is CC(C)(C)[Si](C)(C)OC(C=C[C@@H]1[C@H]2CC(=O)O[C@H]2C[C@H]1O[Si](C)(C)C(C)(C)C)CCc1ccccc1. The van der Waals surface area contributed by atoms with Gasteiger partial charge in [0.15, 0.2) is 16.6 Å². The standard InChI is InChI=1S/C30H50O4Si2/c1-29(2,3)35(7,8)33-23(17-16-22-14-12-11-13-15-22)18-19-24-25-20-28(31)32-26(25)21-27(24)34-36(9,10)30(4,5)6/h11-15,18-19,23-27H,16-17,20-21H2,1-10H3/t23?,24-,25-,26+,27-/m1/s1. The Morgan fingerprint density at radius 1 is 1.00 bits per heavy atom. The van der Waals surface area contributed by atoms with Gasteiger partial charge in [-0.05, 0) is 54.7 Å². The number of hydrogen-bond acceptors (Lipinski definition) is 4. The fourth-order valence-electron chi connectivity index (χ4n) is 4.80. The lowest BCUT2D eigenvalue weighted by atomic mass is 9.91. The summed E-state index contributed by atoms with van der Waals surface area (Å²) >= 11 is 0. The van der Waals surface area contributed by atoms with Gasteiger partial charge in [-0.25, -0.2) is 0 Å². The minimum absolute atomic E-state index is 0.0222. The van der Waals surface area contributed by atoms with Crippen molar-refractivity contribution in [3.63, 3.8) is 0 Å². The minimum Gasteiger partial charge on any atom is -0.462 e. The summed E-state index contributed by atoms with van der Waals surface area (Å²) in [7, 11) is -3.91. The van der Waals surface area contributed by atoms with Crippen LogP contribution in [-0.2, 0) is 24.8 Å². The molecule has 6 heteroatoms. The number of carbonyl (C=O) groups excluding carboxylic acids is 1. The second-order valence-electron chi connectivity index (χ2n) is 14.0. The Morgan fingerprint density at radius 3 is 2.19 bits per heavy atom. The monoisotopic (exact) mass is 530 g/mol. The van der Waals surface area contributed by atoms with E-state index in [1.807, 2.05) is 0 Å². The van der Waals surface area contributed by atoms with Crippen molar-refractivity contribution in [2.75, 3.05) is 0 Å². The van der Waals surface area contributed by atoms with Crippen LogP contribution in [0.3, 0.4) is 0 Å². The van der Waals surface area contributed by atoms with Gasteiger partial charge in [0.25, 0.3) is 0 Å². The molecule has 0 bridgehead atoms. The number of carbonyl (C=O) groups is 1. The van der Waals surface area contributed by atoms with Gasteiger partial charge in [0.2, 0.25) is 0 Å². The van der Waals surface area contributed by atoms with Crippen molar-refractivity contribution in [1.82, 2.24) is 0 Å². The van der Waals surface area contributed by atoms with Crippen LogP contribution in [0.5, 0.6) is 0 Å². The molecule has 5 atom stereocenters. The van der Waals surface area contributed by atoms with Crippen LogP contribution in [0.15, 0.2) is 42.5 Å². The lowest BCUT2D eigenvalue weighted by molar-refractivity contribution is -0.141. The van der Waals surface area contributed by atoms with Crippen LogP contribution in [-0.4, -0.2) is 40.9 Å². The first-order chi connectivity index (χ1) is 16.5. The van der Waals surface area contributed by atoms with E-state index in [0.29, 0.717) is 6.42 Å². The molecule has 202 valence electrons. The second kappa shape index (κ2) is 10.9. The minimum atomic E-state index is -1.95. The summed E-state index contributed by atoms with van der Waals surface area (Å²) in [5, 5.41) is 0.281. The molecule has 0 N–H and O–H groups in total. The first-order valence-electron chi connectivity index (χ1n) is 13.8. The summed E-state index contributed by atoms with van der Waals surface area (Å²) in [5.74, 6) is 0.316. The predicted molar refractivity (Wildman–Crippen MR) is 154 cm³/mol. The molecule has 0 aromatic heterocycles. The third kappa shape index (κ3) is 7.00. The highest BCUT2D eigenvalue weighted by molar-refractivity contribution is 6.74. The maximum atomic E-state index is 12.2. The van der Waals surface area contributed by atoms with Crippen LogP contribution in [0.1, 0.15) is 66.4 Å². The topological polar surface area (TPSA) is 44.8 Å². The summed E-state index contributed by atoms with van der Waals surface area (Å²) in [6.07, 6.45) is 7.94. The van der Waals surface area contributed by atoms with Gasteiger partial charge >= 0.3 is 5.97 Å². The molecule has 1 saturated carbocycles. The zero-order valence-electron chi connectivity index (χ0n) is 24.4. The summed E-state index contributed by atoms with van der Waals surface area (Å²) in [6.45, 7) is 23.0. The molecule has 1 heterocycles. The van der Waals surface area contributed by atoms with Crippen molar-refractivity contribution in [3.05, 3.63) is 48.0 Å². The molecular weight excluding hydrogens is 480 g/mol. The lowest BCUT2D eigenvalue weighted by Crippen LogP contribution is -2.45. The highest BCUT2D eigenvalue weighted by Crippen LogP contribution is 2.47. The maximum absolute atomic E-state index is 12.2. The number of fused-ring (bicyclic) bond motifs is 1. The molecule has 1 aliphatic carbocycles. The van der Waals surface area contributed by atoms with Gasteiger partial charge in [0.1, 0.15) is 6.10 Å². The van der Waals surface area contributed by atoms with Gasteiger partial charge in [-0.1, -0.05) is 84.0 Å². The van der Waals surface area contributed by atoms with Crippen LogP contribution < -0.4 is 0 Å². The van der Waals surface area contributed by atoms with Crippen molar-refractivity contribution < 1.29 is 18.4 Å². The highest BCUT2D eigenvalue weighted by atomic mass is 28.4. The zero-order chi connectivity index (χ0) is 26.9. The number of ether oxygens (including phenoxy) is 1. The van der Waals surface area contributed by atoms with E-state index in [1.54, 1.807) is 0 Å². The van der Waals surface area contributed by atoms with Crippen LogP contribution >= 0.6 is 0 Å². The third-order valence-electron chi connectivity index (χ3n) is 9.16. The van der Waals surface area contributed by atoms with Crippen LogP contribution in [0.2, 0.25) is 36.3 Å². The number of benzene rings is 1. The Kier molecular flexibility index (Phi) is 8.86. The summed E-state index contributed by atoms with van der Waals surface area (Å²) < 4.78 is 19.6. The first kappa shape index (κ1) is 29.3. The van der Waals surface area contributed by atoms with E-state index in [1.165, 1.54) is 5.56 Å². The summed E-state index contributed by atoms with van der Waals surface area (Å²) in [4.78, 5) is 12.2. The summed E-state index contributed by atoms with van der Waals surface area (Å²) in [6, 6.07) is 10.7. The number of rotatable bonds is 9. The highest BCUT2D eigenvalue weighted by Gasteiger charge is 2.52. The quantitative estimate of drug-likeness (QED) is 0.185. The molecule has 1 aromatic rings. The normalized spacial score (nSPS) is 26.3. The van der Waals surface area contributed by atoms with E-state index in [2.05, 4.69) is 110 Å². The Morgan fingerprint density at radius 2 is 1.61 bits per heavy atom. The van der Waals surface area contributed by atoms with Crippen molar-refractivity contribution in [2.24, 2.45) is 11.8 Å². The van der Waals surface area contributed by atoms with Gasteiger partial charge in [-0.15, -0.1) is 0 Å². The Balaban J connectivity index is 1.84. The smallest absolute Gasteiger partial charge is 0.306 e. The molecule has 4 nitrogen and oxygen atoms in total. The zero-order valence-corrected chi connectivity index (χ0v) is 26.4. The van der Waals surface area contributed by atoms with E-state index in [9.17, 15) is 4.79 Å². The molecule has 2 fully saturated rings. The van der Waals surface area contributed by atoms with Crippen LogP contribution in [0, 0.1) is 11.8 Å². The van der Waals surface area contributed by atoms with E-state index in [4.69, 9.17) is 13.6 Å². The molecule has 1 saturated heterocycles. The largest absolute Gasteiger partial charge is 0.462 e. The third-order valence-corrected chi connectivity index (χ3v) is 18.2. The molecule has 3 rings (SSSR count). The molecule has 1 aromatic carbocycles. The van der Waals surface area contributed by atoms with Crippen LogP contribution in [0.4, 0.5) is 0 Å². The first-order valence-corrected chi connectivity index (χ1v) is 19.6. The predicted octanol–water partition coefficient (Wildman–Crippen LogP) is 7.91. The van der Waals surface area contributed by atoms with Crippen molar-refractivity contribution in [3.8, 4) is 0 Å². The Labute approximate surface area is 222 Å². The molecule has 36 heavy (non-hydrogen) atoms. The van der Waals surface area contributed by atoms with Gasteiger partial charge in [-0.3, -0.25) is 4.79 Å². The van der Waals surface area contributed by atoms with E-state index in [0.717, 1.165) is 19.3 Å². The van der Waals surface area contributed by atoms with Crippen molar-refractivity contribution >= 4 is 22.6 Å². The number of hydrogen-bond donors (Lipinski definition) is 0. The molecule has 0 amide bonds. The van der Waals surface area contributed by atoms with Gasteiger partial charge < -0.3 is 13.6 Å².